The maximum absolute atomic E-state index is 13.5. The van der Waals surface area contributed by atoms with E-state index in [-0.39, 0.29) is 11.6 Å². The molecule has 20 heavy (non-hydrogen) atoms. The fourth-order valence-electron chi connectivity index (χ4n) is 1.61. The van der Waals surface area contributed by atoms with Crippen molar-refractivity contribution in [3.63, 3.8) is 0 Å². The first kappa shape index (κ1) is 12.6. The summed E-state index contributed by atoms with van der Waals surface area (Å²) in [7, 11) is 0. The third-order valence-electron chi connectivity index (χ3n) is 2.77. The van der Waals surface area contributed by atoms with E-state index in [4.69, 9.17) is 0 Å². The lowest BCUT2D eigenvalue weighted by Crippen LogP contribution is -2.08. The van der Waals surface area contributed by atoms with Gasteiger partial charge in [-0.1, -0.05) is 0 Å². The Balaban J connectivity index is 1.81. The average molecular weight is 281 g/mol. The van der Waals surface area contributed by atoms with Crippen molar-refractivity contribution in [2.24, 2.45) is 0 Å². The first-order chi connectivity index (χ1) is 9.63. The van der Waals surface area contributed by atoms with Gasteiger partial charge >= 0.3 is 0 Å². The molecule has 1 aliphatic carbocycles. The van der Waals surface area contributed by atoms with Gasteiger partial charge in [0.1, 0.15) is 0 Å². The van der Waals surface area contributed by atoms with E-state index in [1.54, 1.807) is 0 Å². The largest absolute Gasteiger partial charge is 0.366 e. The van der Waals surface area contributed by atoms with Crippen molar-refractivity contribution in [2.75, 3.05) is 10.6 Å². The molecule has 104 valence electrons. The molecule has 0 spiro atoms. The van der Waals surface area contributed by atoms with Gasteiger partial charge in [-0.25, -0.2) is 13.2 Å². The van der Waals surface area contributed by atoms with Crippen LogP contribution in [0.2, 0.25) is 0 Å². The minimum Gasteiger partial charge on any atom is -0.366 e. The van der Waals surface area contributed by atoms with Crippen LogP contribution in [0, 0.1) is 17.5 Å². The fraction of sp³-hybridized carbons (Fsp3) is 0.250. The van der Waals surface area contributed by atoms with E-state index in [9.17, 15) is 13.2 Å². The summed E-state index contributed by atoms with van der Waals surface area (Å²) in [5, 5.41) is 12.9. The van der Waals surface area contributed by atoms with Crippen molar-refractivity contribution < 1.29 is 13.2 Å². The van der Waals surface area contributed by atoms with Crippen LogP contribution in [0.4, 0.5) is 30.6 Å². The number of rotatable bonds is 4. The summed E-state index contributed by atoms with van der Waals surface area (Å²) in [5.74, 6) is -3.63. The van der Waals surface area contributed by atoms with Crippen LogP contribution in [0.25, 0.3) is 0 Å². The number of aromatic nitrogens is 3. The molecule has 0 radical (unpaired) electrons. The molecule has 0 bridgehead atoms. The van der Waals surface area contributed by atoms with Crippen molar-refractivity contribution in [3.05, 3.63) is 35.8 Å². The Labute approximate surface area is 112 Å². The molecule has 1 fully saturated rings. The first-order valence-corrected chi connectivity index (χ1v) is 6.00. The summed E-state index contributed by atoms with van der Waals surface area (Å²) < 4.78 is 39.4. The summed E-state index contributed by atoms with van der Waals surface area (Å²) in [4.78, 5) is 4.06. The van der Waals surface area contributed by atoms with Gasteiger partial charge < -0.3 is 10.6 Å². The third kappa shape index (κ3) is 2.63. The Morgan fingerprint density at radius 2 is 1.90 bits per heavy atom. The van der Waals surface area contributed by atoms with Gasteiger partial charge in [0.15, 0.2) is 23.3 Å². The quantitative estimate of drug-likeness (QED) is 0.843. The number of benzene rings is 1. The van der Waals surface area contributed by atoms with Gasteiger partial charge in [0.25, 0.3) is 0 Å². The second-order valence-corrected chi connectivity index (χ2v) is 4.43. The van der Waals surface area contributed by atoms with Gasteiger partial charge in [0.05, 0.1) is 11.9 Å². The van der Waals surface area contributed by atoms with Crippen LogP contribution in [-0.2, 0) is 0 Å². The molecule has 3 rings (SSSR count). The molecule has 8 heteroatoms. The van der Waals surface area contributed by atoms with Crippen molar-refractivity contribution in [3.8, 4) is 0 Å². The van der Waals surface area contributed by atoms with Gasteiger partial charge in [0.2, 0.25) is 5.95 Å². The molecule has 1 aromatic heterocycles. The monoisotopic (exact) mass is 281 g/mol. The Hall–Kier alpha value is -2.38. The van der Waals surface area contributed by atoms with Gasteiger partial charge in [-0.3, -0.25) is 0 Å². The number of nitrogens with one attached hydrogen (secondary N) is 2. The Morgan fingerprint density at radius 1 is 1.10 bits per heavy atom. The van der Waals surface area contributed by atoms with Crippen molar-refractivity contribution in [2.45, 2.75) is 18.9 Å². The lowest BCUT2D eigenvalue weighted by molar-refractivity contribution is 0.449. The highest BCUT2D eigenvalue weighted by Gasteiger charge is 2.21. The summed E-state index contributed by atoms with van der Waals surface area (Å²) in [6.07, 6.45) is 3.56. The van der Waals surface area contributed by atoms with Crippen LogP contribution in [-0.4, -0.2) is 21.2 Å². The maximum Gasteiger partial charge on any atom is 0.249 e. The predicted molar refractivity (Wildman–Crippen MR) is 66.1 cm³/mol. The molecule has 0 saturated heterocycles. The van der Waals surface area contributed by atoms with Crippen LogP contribution in [0.5, 0.6) is 0 Å². The first-order valence-electron chi connectivity index (χ1n) is 6.00. The molecule has 0 aliphatic heterocycles. The minimum atomic E-state index is -1.55. The second-order valence-electron chi connectivity index (χ2n) is 4.43. The van der Waals surface area contributed by atoms with E-state index in [1.165, 1.54) is 6.20 Å². The number of nitrogens with zero attached hydrogens (tertiary/aromatic N) is 3. The molecular weight excluding hydrogens is 271 g/mol. The normalized spacial score (nSPS) is 14.2. The number of halogens is 3. The van der Waals surface area contributed by atoms with Gasteiger partial charge in [-0.15, -0.1) is 5.10 Å². The molecule has 1 heterocycles. The molecule has 0 unspecified atom stereocenters. The summed E-state index contributed by atoms with van der Waals surface area (Å²) in [5.41, 5.74) is -0.255. The minimum absolute atomic E-state index is 0.000517. The highest BCUT2D eigenvalue weighted by Crippen LogP contribution is 2.25. The zero-order valence-electron chi connectivity index (χ0n) is 10.2. The Kier molecular flexibility index (Phi) is 3.13. The second kappa shape index (κ2) is 4.95. The lowest BCUT2D eigenvalue weighted by Gasteiger charge is -2.08. The van der Waals surface area contributed by atoms with Crippen molar-refractivity contribution in [1.29, 1.82) is 0 Å². The van der Waals surface area contributed by atoms with E-state index in [2.05, 4.69) is 25.8 Å². The van der Waals surface area contributed by atoms with Gasteiger partial charge in [-0.2, -0.15) is 10.1 Å². The lowest BCUT2D eigenvalue weighted by atomic mass is 10.3. The van der Waals surface area contributed by atoms with E-state index < -0.39 is 17.5 Å². The SMILES string of the molecule is Fc1ccc(Nc2nncc(NC3CC3)n2)c(F)c1F. The summed E-state index contributed by atoms with van der Waals surface area (Å²) in [6, 6.07) is 2.26. The standard InChI is InChI=1S/C12H10F3N5/c13-7-3-4-8(11(15)10(7)14)18-12-19-9(5-16-20-12)17-6-1-2-6/h3-6H,1-2H2,(H2,17,18,19,20). The van der Waals surface area contributed by atoms with Crippen molar-refractivity contribution >= 4 is 17.5 Å². The molecule has 2 aromatic rings. The molecule has 2 N–H and O–H groups in total. The zero-order valence-corrected chi connectivity index (χ0v) is 10.2. The van der Waals surface area contributed by atoms with Crippen LogP contribution < -0.4 is 10.6 Å². The average Bonchev–Trinajstić information content (AvgIpc) is 3.24. The van der Waals surface area contributed by atoms with Gasteiger partial charge in [-0.05, 0) is 25.0 Å². The van der Waals surface area contributed by atoms with Crippen LogP contribution in [0.1, 0.15) is 12.8 Å². The van der Waals surface area contributed by atoms with Crippen LogP contribution in [0.3, 0.4) is 0 Å². The smallest absolute Gasteiger partial charge is 0.249 e. The fourth-order valence-corrected chi connectivity index (χ4v) is 1.61. The maximum atomic E-state index is 13.5. The molecule has 1 aromatic carbocycles. The topological polar surface area (TPSA) is 62.7 Å². The zero-order chi connectivity index (χ0) is 14.1. The number of anilines is 3. The molecule has 1 saturated carbocycles. The molecule has 0 atom stereocenters. The highest BCUT2D eigenvalue weighted by atomic mass is 19.2. The molecule has 1 aliphatic rings. The van der Waals surface area contributed by atoms with Crippen LogP contribution >= 0.6 is 0 Å². The molecular formula is C12H10F3N5. The number of hydrogen-bond donors (Lipinski definition) is 2. The predicted octanol–water partition coefficient (Wildman–Crippen LogP) is 2.61. The summed E-state index contributed by atoms with van der Waals surface area (Å²) in [6.45, 7) is 0. The van der Waals surface area contributed by atoms with E-state index >= 15 is 0 Å². The van der Waals surface area contributed by atoms with E-state index in [1.807, 2.05) is 0 Å². The van der Waals surface area contributed by atoms with Crippen LogP contribution in [0.15, 0.2) is 18.3 Å². The van der Waals surface area contributed by atoms with Crippen molar-refractivity contribution in [1.82, 2.24) is 15.2 Å². The molecule has 0 amide bonds. The Bertz CT molecular complexity index is 645. The van der Waals surface area contributed by atoms with E-state index in [0.29, 0.717) is 11.9 Å². The highest BCUT2D eigenvalue weighted by molar-refractivity contribution is 5.55. The van der Waals surface area contributed by atoms with E-state index in [0.717, 1.165) is 25.0 Å². The third-order valence-corrected chi connectivity index (χ3v) is 2.77. The van der Waals surface area contributed by atoms with Gasteiger partial charge in [0, 0.05) is 6.04 Å². The Morgan fingerprint density at radius 3 is 2.65 bits per heavy atom. The summed E-state index contributed by atoms with van der Waals surface area (Å²) >= 11 is 0. The number of hydrogen-bond acceptors (Lipinski definition) is 5. The molecule has 5 nitrogen and oxygen atoms in total.